The van der Waals surface area contributed by atoms with Crippen LogP contribution >= 0.6 is 35.0 Å². The standard InChI is InChI=1S/C16H20Cl2N2O3S2/c1-9-6-12(17)10(2)15(14(9)18)25(22,23)20-8-24-7-13(20)16(21)19(3)11-4-5-11/h6,11,13H,4-5,7-8H2,1-3H3. The number of nitrogens with zero attached hydrogens (tertiary/aromatic N) is 2. The van der Waals surface area contributed by atoms with E-state index in [1.807, 2.05) is 0 Å². The molecule has 0 aromatic heterocycles. The van der Waals surface area contributed by atoms with Gasteiger partial charge in [0.2, 0.25) is 15.9 Å². The van der Waals surface area contributed by atoms with E-state index in [2.05, 4.69) is 0 Å². The van der Waals surface area contributed by atoms with E-state index in [-0.39, 0.29) is 27.7 Å². The molecule has 0 N–H and O–H groups in total. The summed E-state index contributed by atoms with van der Waals surface area (Å²) >= 11 is 13.9. The number of carbonyl (C=O) groups is 1. The number of rotatable bonds is 4. The second kappa shape index (κ2) is 6.93. The number of amides is 1. The Labute approximate surface area is 162 Å². The zero-order valence-electron chi connectivity index (χ0n) is 14.3. The van der Waals surface area contributed by atoms with Gasteiger partial charge in [-0.25, -0.2) is 8.42 Å². The maximum absolute atomic E-state index is 13.3. The largest absolute Gasteiger partial charge is 0.341 e. The van der Waals surface area contributed by atoms with Gasteiger partial charge in [0.25, 0.3) is 0 Å². The molecule has 1 atom stereocenters. The Morgan fingerprint density at radius 1 is 1.32 bits per heavy atom. The Kier molecular flexibility index (Phi) is 5.34. The highest BCUT2D eigenvalue weighted by molar-refractivity contribution is 8.00. The monoisotopic (exact) mass is 422 g/mol. The predicted molar refractivity (Wildman–Crippen MR) is 102 cm³/mol. The second-order valence-electron chi connectivity index (χ2n) is 6.53. The Bertz CT molecular complexity index is 799. The molecule has 2 fully saturated rings. The van der Waals surface area contributed by atoms with Gasteiger partial charge in [0.1, 0.15) is 10.9 Å². The van der Waals surface area contributed by atoms with Crippen LogP contribution in [0.1, 0.15) is 24.0 Å². The van der Waals surface area contributed by atoms with Crippen LogP contribution in [0.15, 0.2) is 11.0 Å². The van der Waals surface area contributed by atoms with Crippen LogP contribution in [-0.4, -0.2) is 54.3 Å². The van der Waals surface area contributed by atoms with Crippen LogP contribution in [0, 0.1) is 13.8 Å². The van der Waals surface area contributed by atoms with Crippen molar-refractivity contribution in [2.75, 3.05) is 18.7 Å². The van der Waals surface area contributed by atoms with Gasteiger partial charge in [-0.15, -0.1) is 11.8 Å². The summed E-state index contributed by atoms with van der Waals surface area (Å²) in [6, 6.07) is 1.19. The maximum Gasteiger partial charge on any atom is 0.246 e. The van der Waals surface area contributed by atoms with E-state index < -0.39 is 16.1 Å². The SMILES string of the molecule is Cc1cc(Cl)c(C)c(S(=O)(=O)N2CSCC2C(=O)N(C)C2CC2)c1Cl. The first-order chi connectivity index (χ1) is 11.7. The number of hydrogen-bond acceptors (Lipinski definition) is 4. The summed E-state index contributed by atoms with van der Waals surface area (Å²) in [7, 11) is -2.18. The molecule has 5 nitrogen and oxygen atoms in total. The lowest BCUT2D eigenvalue weighted by molar-refractivity contribution is -0.133. The van der Waals surface area contributed by atoms with Gasteiger partial charge in [-0.3, -0.25) is 4.79 Å². The number of thioether (sulfide) groups is 1. The third kappa shape index (κ3) is 3.41. The summed E-state index contributed by atoms with van der Waals surface area (Å²) in [5, 5.41) is 0.519. The fraction of sp³-hybridized carbons (Fsp3) is 0.562. The van der Waals surface area contributed by atoms with E-state index in [9.17, 15) is 13.2 Å². The lowest BCUT2D eigenvalue weighted by Crippen LogP contribution is -2.48. The first-order valence-electron chi connectivity index (χ1n) is 7.97. The molecule has 1 aliphatic heterocycles. The molecular weight excluding hydrogens is 403 g/mol. The average molecular weight is 423 g/mol. The molecule has 1 aromatic rings. The number of benzene rings is 1. The van der Waals surface area contributed by atoms with Crippen molar-refractivity contribution in [1.29, 1.82) is 0 Å². The summed E-state index contributed by atoms with van der Waals surface area (Å²) in [6.45, 7) is 3.35. The Morgan fingerprint density at radius 2 is 1.96 bits per heavy atom. The summed E-state index contributed by atoms with van der Waals surface area (Å²) in [5.74, 6) is 0.535. The topological polar surface area (TPSA) is 57.7 Å². The molecule has 1 amide bonds. The van der Waals surface area contributed by atoms with E-state index in [0.717, 1.165) is 12.8 Å². The minimum Gasteiger partial charge on any atom is -0.341 e. The third-order valence-corrected chi connectivity index (χ3v) is 8.92. The van der Waals surface area contributed by atoms with E-state index in [4.69, 9.17) is 23.2 Å². The lowest BCUT2D eigenvalue weighted by Gasteiger charge is -2.28. The number of sulfonamides is 1. The molecule has 3 rings (SSSR count). The van der Waals surface area contributed by atoms with Crippen molar-refractivity contribution in [3.05, 3.63) is 27.2 Å². The first-order valence-corrected chi connectivity index (χ1v) is 11.3. The molecule has 1 saturated heterocycles. The molecule has 25 heavy (non-hydrogen) atoms. The molecule has 1 heterocycles. The van der Waals surface area contributed by atoms with E-state index in [1.54, 1.807) is 31.9 Å². The lowest BCUT2D eigenvalue weighted by atomic mass is 10.2. The van der Waals surface area contributed by atoms with Gasteiger partial charge >= 0.3 is 0 Å². The zero-order valence-corrected chi connectivity index (χ0v) is 17.4. The second-order valence-corrected chi connectivity index (χ2v) is 10.1. The molecule has 0 spiro atoms. The molecule has 2 aliphatic rings. The summed E-state index contributed by atoms with van der Waals surface area (Å²) in [6.07, 6.45) is 1.96. The highest BCUT2D eigenvalue weighted by Gasteiger charge is 2.44. The minimum atomic E-state index is -3.93. The van der Waals surface area contributed by atoms with Crippen molar-refractivity contribution >= 4 is 50.9 Å². The van der Waals surface area contributed by atoms with Gasteiger partial charge in [0.15, 0.2) is 0 Å². The van der Waals surface area contributed by atoms with Crippen molar-refractivity contribution < 1.29 is 13.2 Å². The van der Waals surface area contributed by atoms with Crippen LogP contribution in [-0.2, 0) is 14.8 Å². The van der Waals surface area contributed by atoms with Crippen LogP contribution in [0.4, 0.5) is 0 Å². The Hall–Kier alpha value is -0.470. The normalized spacial score (nSPS) is 21.6. The van der Waals surface area contributed by atoms with Crippen LogP contribution in [0.2, 0.25) is 10.0 Å². The van der Waals surface area contributed by atoms with Gasteiger partial charge in [0.05, 0.1) is 10.9 Å². The zero-order chi connectivity index (χ0) is 18.5. The number of carbonyl (C=O) groups excluding carboxylic acids is 1. The Balaban J connectivity index is 2.01. The fourth-order valence-corrected chi connectivity index (χ4v) is 7.28. The molecular formula is C16H20Cl2N2O3S2. The van der Waals surface area contributed by atoms with Crippen molar-refractivity contribution in [2.24, 2.45) is 0 Å². The van der Waals surface area contributed by atoms with E-state index >= 15 is 0 Å². The molecule has 0 radical (unpaired) electrons. The number of aryl methyl sites for hydroxylation is 1. The van der Waals surface area contributed by atoms with Gasteiger partial charge in [-0.2, -0.15) is 4.31 Å². The van der Waals surface area contributed by atoms with Gasteiger partial charge in [0, 0.05) is 23.9 Å². The maximum atomic E-state index is 13.3. The summed E-state index contributed by atoms with van der Waals surface area (Å²) in [4.78, 5) is 14.5. The Morgan fingerprint density at radius 3 is 2.56 bits per heavy atom. The van der Waals surface area contributed by atoms with Gasteiger partial charge in [-0.05, 0) is 43.9 Å². The molecule has 1 saturated carbocycles. The number of hydrogen-bond donors (Lipinski definition) is 0. The smallest absolute Gasteiger partial charge is 0.246 e. The quantitative estimate of drug-likeness (QED) is 0.746. The van der Waals surface area contributed by atoms with Crippen LogP contribution in [0.5, 0.6) is 0 Å². The average Bonchev–Trinajstić information content (AvgIpc) is 3.27. The van der Waals surface area contributed by atoms with E-state index in [1.165, 1.54) is 16.1 Å². The molecule has 138 valence electrons. The predicted octanol–water partition coefficient (Wildman–Crippen LogP) is 3.29. The molecule has 0 bridgehead atoms. The number of halogens is 2. The van der Waals surface area contributed by atoms with Crippen LogP contribution in [0.25, 0.3) is 0 Å². The van der Waals surface area contributed by atoms with Crippen LogP contribution < -0.4 is 0 Å². The molecule has 1 aliphatic carbocycles. The van der Waals surface area contributed by atoms with Gasteiger partial charge in [-0.1, -0.05) is 23.2 Å². The van der Waals surface area contributed by atoms with Crippen molar-refractivity contribution in [3.8, 4) is 0 Å². The van der Waals surface area contributed by atoms with Gasteiger partial charge < -0.3 is 4.90 Å². The highest BCUT2D eigenvalue weighted by Crippen LogP contribution is 2.38. The van der Waals surface area contributed by atoms with Crippen molar-refractivity contribution in [2.45, 2.75) is 43.7 Å². The first kappa shape index (κ1) is 19.3. The van der Waals surface area contributed by atoms with Crippen molar-refractivity contribution in [1.82, 2.24) is 9.21 Å². The molecule has 9 heteroatoms. The van der Waals surface area contributed by atoms with Crippen molar-refractivity contribution in [3.63, 3.8) is 0 Å². The number of likely N-dealkylation sites (N-methyl/N-ethyl adjacent to an activating group) is 1. The highest BCUT2D eigenvalue weighted by atomic mass is 35.5. The summed E-state index contributed by atoms with van der Waals surface area (Å²) < 4.78 is 27.9. The minimum absolute atomic E-state index is 0.00791. The molecule has 1 aromatic carbocycles. The summed E-state index contributed by atoms with van der Waals surface area (Å²) in [5.41, 5.74) is 1.01. The molecule has 1 unspecified atom stereocenters. The fourth-order valence-electron chi connectivity index (χ4n) is 2.97. The third-order valence-electron chi connectivity index (χ3n) is 4.72. The van der Waals surface area contributed by atoms with Crippen LogP contribution in [0.3, 0.4) is 0 Å². The van der Waals surface area contributed by atoms with E-state index in [0.29, 0.717) is 21.9 Å².